The summed E-state index contributed by atoms with van der Waals surface area (Å²) >= 11 is 6.13. The van der Waals surface area contributed by atoms with Gasteiger partial charge in [-0.2, -0.15) is 0 Å². The van der Waals surface area contributed by atoms with Crippen LogP contribution in [-0.2, 0) is 33.3 Å². The molecule has 4 atom stereocenters. The van der Waals surface area contributed by atoms with Gasteiger partial charge in [0.2, 0.25) is 0 Å². The Bertz CT molecular complexity index is 962. The molecule has 2 aromatic heterocycles. The van der Waals surface area contributed by atoms with E-state index in [9.17, 15) is 14.4 Å². The number of hydrogen-bond donors (Lipinski definition) is 0. The molecule has 0 bridgehead atoms. The van der Waals surface area contributed by atoms with E-state index in [2.05, 4.69) is 9.97 Å². The summed E-state index contributed by atoms with van der Waals surface area (Å²) in [4.78, 5) is 43.1. The quantitative estimate of drug-likeness (QED) is 0.401. The van der Waals surface area contributed by atoms with Gasteiger partial charge in [0.05, 0.1) is 5.39 Å². The summed E-state index contributed by atoms with van der Waals surface area (Å²) in [7, 11) is 0. The van der Waals surface area contributed by atoms with E-state index in [1.54, 1.807) is 23.8 Å². The lowest BCUT2D eigenvalue weighted by Crippen LogP contribution is -2.50. The number of hydrogen-bond acceptors (Lipinski definition) is 9. The molecule has 2 aromatic rings. The Morgan fingerprint density at radius 2 is 1.93 bits per heavy atom. The summed E-state index contributed by atoms with van der Waals surface area (Å²) in [5.41, 5.74) is -1.01. The largest absolute Gasteiger partial charge is 0.463 e. The van der Waals surface area contributed by atoms with Gasteiger partial charge in [0.1, 0.15) is 29.8 Å². The number of nitrogens with zero attached hydrogens (tertiary/aromatic N) is 3. The predicted molar refractivity (Wildman–Crippen MR) is 98.8 cm³/mol. The second-order valence-electron chi connectivity index (χ2n) is 6.76. The Morgan fingerprint density at radius 3 is 2.55 bits per heavy atom. The zero-order valence-corrected chi connectivity index (χ0v) is 17.0. The second kappa shape index (κ2) is 7.96. The molecule has 0 aliphatic carbocycles. The number of aromatic nitrogens is 3. The molecule has 4 unspecified atom stereocenters. The monoisotopic (exact) mass is 425 g/mol. The van der Waals surface area contributed by atoms with Gasteiger partial charge in [0, 0.05) is 27.0 Å². The number of halogens is 1. The first kappa shape index (κ1) is 21.0. The van der Waals surface area contributed by atoms with E-state index in [0.29, 0.717) is 11.0 Å². The van der Waals surface area contributed by atoms with E-state index in [0.717, 1.165) is 0 Å². The molecule has 0 saturated carbocycles. The molecule has 11 heteroatoms. The van der Waals surface area contributed by atoms with Crippen LogP contribution >= 0.6 is 11.6 Å². The highest BCUT2D eigenvalue weighted by Gasteiger charge is 2.60. The minimum atomic E-state index is -1.44. The minimum absolute atomic E-state index is 0.199. The van der Waals surface area contributed by atoms with Crippen LogP contribution in [0.1, 0.15) is 33.9 Å². The van der Waals surface area contributed by atoms with E-state index in [1.807, 2.05) is 0 Å². The average Bonchev–Trinajstić information content (AvgIpc) is 3.13. The first-order valence-electron chi connectivity index (χ1n) is 8.76. The molecule has 0 amide bonds. The Balaban J connectivity index is 2.09. The first-order valence-corrected chi connectivity index (χ1v) is 9.14. The van der Waals surface area contributed by atoms with E-state index >= 15 is 0 Å². The Kier molecular flexibility index (Phi) is 5.76. The molecule has 1 aliphatic rings. The van der Waals surface area contributed by atoms with Gasteiger partial charge in [-0.05, 0) is 13.0 Å². The Hall–Kier alpha value is -2.72. The molecule has 29 heavy (non-hydrogen) atoms. The summed E-state index contributed by atoms with van der Waals surface area (Å²) in [6.45, 7) is 5.09. The topological polar surface area (TPSA) is 119 Å². The van der Waals surface area contributed by atoms with Gasteiger partial charge in [-0.15, -0.1) is 0 Å². The molecular formula is C18H20ClN3O7. The number of carbonyl (C=O) groups is 3. The van der Waals surface area contributed by atoms with Crippen LogP contribution in [0.25, 0.3) is 11.0 Å². The van der Waals surface area contributed by atoms with Gasteiger partial charge in [-0.1, -0.05) is 11.6 Å². The number of fused-ring (bicyclic) bond motifs is 1. The van der Waals surface area contributed by atoms with Gasteiger partial charge in [0.25, 0.3) is 0 Å². The van der Waals surface area contributed by atoms with Crippen molar-refractivity contribution in [1.29, 1.82) is 0 Å². The molecule has 1 aliphatic heterocycles. The fraction of sp³-hybridized carbons (Fsp3) is 0.500. The summed E-state index contributed by atoms with van der Waals surface area (Å²) in [6.07, 6.45) is 0.0743. The van der Waals surface area contributed by atoms with E-state index in [-0.39, 0.29) is 11.8 Å². The molecule has 156 valence electrons. The van der Waals surface area contributed by atoms with Crippen molar-refractivity contribution in [3.8, 4) is 0 Å². The van der Waals surface area contributed by atoms with E-state index < -0.39 is 41.9 Å². The molecule has 10 nitrogen and oxygen atoms in total. The molecule has 1 saturated heterocycles. The maximum absolute atomic E-state index is 11.9. The molecule has 3 heterocycles. The van der Waals surface area contributed by atoms with Gasteiger partial charge >= 0.3 is 17.9 Å². The lowest BCUT2D eigenvalue weighted by atomic mass is 9.95. The normalized spacial score (nSPS) is 26.3. The Morgan fingerprint density at radius 1 is 1.21 bits per heavy atom. The molecule has 1 fully saturated rings. The van der Waals surface area contributed by atoms with Crippen molar-refractivity contribution in [2.45, 2.75) is 51.7 Å². The zero-order chi connectivity index (χ0) is 21.3. The fourth-order valence-electron chi connectivity index (χ4n) is 3.47. The highest BCUT2D eigenvalue weighted by molar-refractivity contribution is 6.33. The molecular weight excluding hydrogens is 406 g/mol. The van der Waals surface area contributed by atoms with Crippen LogP contribution in [0.5, 0.6) is 0 Å². The van der Waals surface area contributed by atoms with Crippen molar-refractivity contribution in [3.05, 3.63) is 23.7 Å². The highest BCUT2D eigenvalue weighted by Crippen LogP contribution is 2.44. The van der Waals surface area contributed by atoms with Crippen molar-refractivity contribution in [2.75, 3.05) is 6.61 Å². The number of ether oxygens (including phenoxy) is 4. The molecule has 3 rings (SSSR count). The third-order valence-corrected chi connectivity index (χ3v) is 4.82. The predicted octanol–water partition coefficient (Wildman–Crippen LogP) is 1.80. The minimum Gasteiger partial charge on any atom is -0.463 e. The lowest BCUT2D eigenvalue weighted by molar-refractivity contribution is -0.184. The number of rotatable bonds is 5. The summed E-state index contributed by atoms with van der Waals surface area (Å²) in [6, 6.07) is 1.69. The molecule has 0 radical (unpaired) electrons. The van der Waals surface area contributed by atoms with Crippen molar-refractivity contribution < 1.29 is 33.3 Å². The average molecular weight is 426 g/mol. The second-order valence-corrected chi connectivity index (χ2v) is 7.12. The van der Waals surface area contributed by atoms with Crippen LogP contribution in [0.3, 0.4) is 0 Å². The van der Waals surface area contributed by atoms with Crippen LogP contribution in [-0.4, -0.2) is 56.9 Å². The van der Waals surface area contributed by atoms with Crippen molar-refractivity contribution >= 4 is 40.5 Å². The maximum Gasteiger partial charge on any atom is 0.303 e. The summed E-state index contributed by atoms with van der Waals surface area (Å²) in [5, 5.41) is 0.810. The van der Waals surface area contributed by atoms with Gasteiger partial charge in [0.15, 0.2) is 17.9 Å². The van der Waals surface area contributed by atoms with Crippen molar-refractivity contribution in [3.63, 3.8) is 0 Å². The molecule has 0 aromatic carbocycles. The third kappa shape index (κ3) is 4.03. The van der Waals surface area contributed by atoms with E-state index in [4.69, 9.17) is 30.5 Å². The number of esters is 3. The smallest absolute Gasteiger partial charge is 0.303 e. The highest BCUT2D eigenvalue weighted by atomic mass is 35.5. The van der Waals surface area contributed by atoms with Crippen molar-refractivity contribution in [1.82, 2.24) is 14.5 Å². The van der Waals surface area contributed by atoms with Gasteiger partial charge in [-0.25, -0.2) is 9.97 Å². The fourth-order valence-corrected chi connectivity index (χ4v) is 3.66. The maximum atomic E-state index is 11.9. The van der Waals surface area contributed by atoms with Crippen LogP contribution in [0, 0.1) is 0 Å². The molecule has 0 spiro atoms. The SMILES string of the molecule is CC(=O)OCC1OC(n2ccc3c(Cl)ncnc32)C(C)(OC(C)=O)C1OC(C)=O. The third-order valence-electron chi connectivity index (χ3n) is 4.52. The zero-order valence-electron chi connectivity index (χ0n) is 16.2. The summed E-state index contributed by atoms with van der Waals surface area (Å²) in [5.74, 6) is -1.73. The van der Waals surface area contributed by atoms with Gasteiger partial charge in [-0.3, -0.25) is 14.4 Å². The first-order chi connectivity index (χ1) is 13.6. The number of carbonyl (C=O) groups excluding carboxylic acids is 3. The summed E-state index contributed by atoms with van der Waals surface area (Å²) < 4.78 is 23.7. The Labute approximate surface area is 171 Å². The van der Waals surface area contributed by atoms with Gasteiger partial charge < -0.3 is 23.5 Å². The van der Waals surface area contributed by atoms with Crippen LogP contribution in [0.15, 0.2) is 18.6 Å². The van der Waals surface area contributed by atoms with Crippen LogP contribution < -0.4 is 0 Å². The van der Waals surface area contributed by atoms with Crippen molar-refractivity contribution in [2.24, 2.45) is 0 Å². The van der Waals surface area contributed by atoms with Crippen LogP contribution in [0.4, 0.5) is 0 Å². The molecule has 0 N–H and O–H groups in total. The van der Waals surface area contributed by atoms with Crippen LogP contribution in [0.2, 0.25) is 5.15 Å². The standard InChI is InChI=1S/C18H20ClN3O7/c1-9(23)26-7-13-14(27-10(2)24)18(4,29-11(3)25)17(28-13)22-6-5-12-15(19)20-8-21-16(12)22/h5-6,8,13-14,17H,7H2,1-4H3. The lowest BCUT2D eigenvalue weighted by Gasteiger charge is -2.34. The van der Waals surface area contributed by atoms with E-state index in [1.165, 1.54) is 27.1 Å².